The molecule has 0 bridgehead atoms. The second-order valence-corrected chi connectivity index (χ2v) is 2.21. The van der Waals surface area contributed by atoms with Gasteiger partial charge in [0.1, 0.15) is 0 Å². The van der Waals surface area contributed by atoms with Crippen LogP contribution in [0.4, 0.5) is 5.69 Å². The highest BCUT2D eigenvalue weighted by Gasteiger charge is 2.10. The Morgan fingerprint density at radius 3 is 2.67 bits per heavy atom. The molecule has 0 saturated carbocycles. The van der Waals surface area contributed by atoms with Crippen LogP contribution in [0, 0.1) is 10.1 Å². The molecule has 12 heavy (non-hydrogen) atoms. The molecule has 0 N–H and O–H groups in total. The SMILES string of the molecule is O=[C]Cc1ccccc1[N+](=O)[O-]. The minimum Gasteiger partial charge on any atom is -0.291 e. The van der Waals surface area contributed by atoms with E-state index in [4.69, 9.17) is 0 Å². The van der Waals surface area contributed by atoms with Gasteiger partial charge in [-0.05, 0) is 0 Å². The van der Waals surface area contributed by atoms with Gasteiger partial charge in [0.05, 0.1) is 4.92 Å². The molecular weight excluding hydrogens is 158 g/mol. The maximum atomic E-state index is 10.4. The molecule has 0 aliphatic heterocycles. The third-order valence-corrected chi connectivity index (χ3v) is 1.45. The van der Waals surface area contributed by atoms with Crippen molar-refractivity contribution in [1.29, 1.82) is 0 Å². The van der Waals surface area contributed by atoms with E-state index in [2.05, 4.69) is 0 Å². The van der Waals surface area contributed by atoms with Crippen LogP contribution in [0.3, 0.4) is 0 Å². The molecule has 1 aromatic carbocycles. The molecule has 1 radical (unpaired) electrons. The topological polar surface area (TPSA) is 60.2 Å². The fourth-order valence-electron chi connectivity index (χ4n) is 0.916. The number of hydrogen-bond donors (Lipinski definition) is 0. The van der Waals surface area contributed by atoms with E-state index < -0.39 is 4.92 Å². The monoisotopic (exact) mass is 164 g/mol. The first-order valence-corrected chi connectivity index (χ1v) is 3.33. The van der Waals surface area contributed by atoms with Gasteiger partial charge in [0.25, 0.3) is 5.69 Å². The summed E-state index contributed by atoms with van der Waals surface area (Å²) in [5.74, 6) is 0. The molecule has 1 aromatic rings. The summed E-state index contributed by atoms with van der Waals surface area (Å²) in [4.78, 5) is 19.9. The van der Waals surface area contributed by atoms with Crippen LogP contribution >= 0.6 is 0 Å². The molecule has 0 saturated heterocycles. The smallest absolute Gasteiger partial charge is 0.273 e. The highest BCUT2D eigenvalue weighted by molar-refractivity contribution is 5.59. The zero-order valence-electron chi connectivity index (χ0n) is 6.19. The predicted molar refractivity (Wildman–Crippen MR) is 42.5 cm³/mol. The number of benzene rings is 1. The molecule has 0 spiro atoms. The summed E-state index contributed by atoms with van der Waals surface area (Å²) in [7, 11) is 0. The Balaban J connectivity index is 3.07. The van der Waals surface area contributed by atoms with E-state index in [1.165, 1.54) is 6.07 Å². The van der Waals surface area contributed by atoms with E-state index >= 15 is 0 Å². The zero-order chi connectivity index (χ0) is 8.97. The number of para-hydroxylation sites is 1. The summed E-state index contributed by atoms with van der Waals surface area (Å²) in [6.45, 7) is 0. The normalized spacial score (nSPS) is 9.33. The summed E-state index contributed by atoms with van der Waals surface area (Å²) in [5.41, 5.74) is 0.373. The first-order chi connectivity index (χ1) is 5.75. The van der Waals surface area contributed by atoms with E-state index in [-0.39, 0.29) is 12.1 Å². The molecule has 0 aromatic heterocycles. The molecule has 4 heteroatoms. The van der Waals surface area contributed by atoms with Crippen molar-refractivity contribution in [3.8, 4) is 0 Å². The Hall–Kier alpha value is -1.71. The van der Waals surface area contributed by atoms with Gasteiger partial charge in [-0.2, -0.15) is 0 Å². The van der Waals surface area contributed by atoms with E-state index in [1.807, 2.05) is 0 Å². The van der Waals surface area contributed by atoms with Gasteiger partial charge in [0.2, 0.25) is 6.29 Å². The largest absolute Gasteiger partial charge is 0.291 e. The van der Waals surface area contributed by atoms with Gasteiger partial charge in [0.15, 0.2) is 0 Å². The quantitative estimate of drug-likeness (QED) is 0.498. The third-order valence-electron chi connectivity index (χ3n) is 1.45. The highest BCUT2D eigenvalue weighted by Crippen LogP contribution is 2.16. The molecule has 0 unspecified atom stereocenters. The fourth-order valence-corrected chi connectivity index (χ4v) is 0.916. The van der Waals surface area contributed by atoms with Crippen LogP contribution in [0.15, 0.2) is 24.3 Å². The van der Waals surface area contributed by atoms with Crippen LogP contribution in [-0.4, -0.2) is 11.2 Å². The van der Waals surface area contributed by atoms with E-state index in [0.29, 0.717) is 5.56 Å². The first-order valence-electron chi connectivity index (χ1n) is 3.33. The van der Waals surface area contributed by atoms with Gasteiger partial charge in [-0.1, -0.05) is 18.2 Å². The Labute approximate surface area is 69.0 Å². The van der Waals surface area contributed by atoms with E-state index in [1.54, 1.807) is 24.5 Å². The number of nitrogens with zero attached hydrogens (tertiary/aromatic N) is 1. The van der Waals surface area contributed by atoms with Gasteiger partial charge >= 0.3 is 0 Å². The van der Waals surface area contributed by atoms with Crippen LogP contribution in [-0.2, 0) is 11.2 Å². The van der Waals surface area contributed by atoms with Gasteiger partial charge < -0.3 is 0 Å². The Bertz CT molecular complexity index is 309. The van der Waals surface area contributed by atoms with Crippen LogP contribution in [0.1, 0.15) is 5.56 Å². The maximum absolute atomic E-state index is 10.4. The minimum absolute atomic E-state index is 0.0270. The lowest BCUT2D eigenvalue weighted by atomic mass is 10.1. The van der Waals surface area contributed by atoms with Crippen LogP contribution in [0.25, 0.3) is 0 Å². The van der Waals surface area contributed by atoms with Crippen molar-refractivity contribution in [3.05, 3.63) is 39.9 Å². The minimum atomic E-state index is -0.507. The van der Waals surface area contributed by atoms with Crippen molar-refractivity contribution in [2.45, 2.75) is 6.42 Å². The number of carbonyl (C=O) groups excluding carboxylic acids is 1. The lowest BCUT2D eigenvalue weighted by Gasteiger charge is -1.95. The van der Waals surface area contributed by atoms with E-state index in [9.17, 15) is 14.9 Å². The molecule has 0 aliphatic carbocycles. The number of nitro benzene ring substituents is 1. The number of nitro groups is 1. The maximum Gasteiger partial charge on any atom is 0.273 e. The van der Waals surface area contributed by atoms with Crippen molar-refractivity contribution < 1.29 is 9.72 Å². The average molecular weight is 164 g/mol. The Morgan fingerprint density at radius 1 is 1.42 bits per heavy atom. The zero-order valence-corrected chi connectivity index (χ0v) is 6.19. The summed E-state index contributed by atoms with van der Waals surface area (Å²) in [5, 5.41) is 10.4. The molecule has 4 nitrogen and oxygen atoms in total. The van der Waals surface area contributed by atoms with Crippen molar-refractivity contribution in [2.24, 2.45) is 0 Å². The summed E-state index contributed by atoms with van der Waals surface area (Å²) in [6, 6.07) is 6.13. The standard InChI is InChI=1S/C8H6NO3/c10-6-5-7-3-1-2-4-8(7)9(11)12/h1-4H,5H2. The Kier molecular flexibility index (Phi) is 2.53. The highest BCUT2D eigenvalue weighted by atomic mass is 16.6. The number of rotatable bonds is 3. The van der Waals surface area contributed by atoms with Crippen LogP contribution in [0.2, 0.25) is 0 Å². The van der Waals surface area contributed by atoms with Crippen molar-refractivity contribution in [1.82, 2.24) is 0 Å². The molecule has 61 valence electrons. The van der Waals surface area contributed by atoms with Crippen molar-refractivity contribution in [2.75, 3.05) is 0 Å². The second kappa shape index (κ2) is 3.61. The van der Waals surface area contributed by atoms with Crippen LogP contribution in [0.5, 0.6) is 0 Å². The van der Waals surface area contributed by atoms with Gasteiger partial charge in [-0.25, -0.2) is 0 Å². The third kappa shape index (κ3) is 1.66. The molecular formula is C8H6NO3. The lowest BCUT2D eigenvalue weighted by molar-refractivity contribution is -0.385. The Morgan fingerprint density at radius 2 is 2.08 bits per heavy atom. The van der Waals surface area contributed by atoms with Gasteiger partial charge in [0, 0.05) is 18.1 Å². The molecule has 0 aliphatic rings. The van der Waals surface area contributed by atoms with Gasteiger partial charge in [-0.3, -0.25) is 14.9 Å². The van der Waals surface area contributed by atoms with Crippen molar-refractivity contribution >= 4 is 12.0 Å². The molecule has 1 rings (SSSR count). The average Bonchev–Trinajstić information content (AvgIpc) is 2.05. The van der Waals surface area contributed by atoms with E-state index in [0.717, 1.165) is 0 Å². The first kappa shape index (κ1) is 8.39. The molecule has 0 fully saturated rings. The molecule has 0 amide bonds. The molecule has 0 heterocycles. The second-order valence-electron chi connectivity index (χ2n) is 2.21. The van der Waals surface area contributed by atoms with Crippen LogP contribution < -0.4 is 0 Å². The fraction of sp³-hybridized carbons (Fsp3) is 0.125. The lowest BCUT2D eigenvalue weighted by Crippen LogP contribution is -1.95. The number of hydrogen-bond acceptors (Lipinski definition) is 3. The van der Waals surface area contributed by atoms with Crippen molar-refractivity contribution in [3.63, 3.8) is 0 Å². The summed E-state index contributed by atoms with van der Waals surface area (Å²) >= 11 is 0. The summed E-state index contributed by atoms with van der Waals surface area (Å²) < 4.78 is 0. The van der Waals surface area contributed by atoms with Gasteiger partial charge in [-0.15, -0.1) is 0 Å². The predicted octanol–water partition coefficient (Wildman–Crippen LogP) is 1.25. The molecule has 0 atom stereocenters. The summed E-state index contributed by atoms with van der Waals surface area (Å²) in [6.07, 6.45) is 1.59.